The van der Waals surface area contributed by atoms with E-state index in [0.29, 0.717) is 34.7 Å². The zero-order valence-corrected chi connectivity index (χ0v) is 21.8. The Hall–Kier alpha value is -4.26. The van der Waals surface area contributed by atoms with Crippen molar-refractivity contribution in [1.82, 2.24) is 19.9 Å². The highest BCUT2D eigenvalue weighted by atomic mass is 19.1. The third-order valence-corrected chi connectivity index (χ3v) is 8.54. The van der Waals surface area contributed by atoms with Crippen LogP contribution >= 0.6 is 0 Å². The average Bonchev–Trinajstić information content (AvgIpc) is 3.39. The largest absolute Gasteiger partial charge is 0.457 e. The van der Waals surface area contributed by atoms with E-state index in [9.17, 15) is 4.39 Å². The summed E-state index contributed by atoms with van der Waals surface area (Å²) >= 11 is 0. The van der Waals surface area contributed by atoms with E-state index in [0.717, 1.165) is 40.1 Å². The Kier molecular flexibility index (Phi) is 5.99. The van der Waals surface area contributed by atoms with Crippen LogP contribution in [0.15, 0.2) is 79.1 Å². The Balaban J connectivity index is 1.27. The molecule has 3 saturated carbocycles. The minimum atomic E-state index is -0.390. The quantitative estimate of drug-likeness (QED) is 0.239. The summed E-state index contributed by atoms with van der Waals surface area (Å²) < 4.78 is 20.1. The first kappa shape index (κ1) is 23.8. The number of hydrogen-bond acceptors (Lipinski definition) is 5. The molecule has 2 unspecified atom stereocenters. The maximum absolute atomic E-state index is 14.1. The normalized spacial score (nSPS) is 22.2. The second-order valence-electron chi connectivity index (χ2n) is 10.9. The van der Waals surface area contributed by atoms with Crippen molar-refractivity contribution >= 4 is 16.9 Å². The Morgan fingerprint density at radius 1 is 0.897 bits per heavy atom. The Bertz CT molecular complexity index is 1610. The minimum Gasteiger partial charge on any atom is -0.457 e. The van der Waals surface area contributed by atoms with E-state index in [1.165, 1.54) is 37.9 Å². The number of aromatic nitrogens is 4. The van der Waals surface area contributed by atoms with Crippen LogP contribution in [0.3, 0.4) is 0 Å². The number of nitrogens with one attached hydrogen (secondary N) is 2. The zero-order chi connectivity index (χ0) is 26.3. The lowest BCUT2D eigenvalue weighted by Gasteiger charge is -2.47. The van der Waals surface area contributed by atoms with E-state index in [-0.39, 0.29) is 5.82 Å². The molecule has 2 N–H and O–H groups in total. The predicted octanol–water partition coefficient (Wildman–Crippen LogP) is 7.85. The number of benzene rings is 2. The van der Waals surface area contributed by atoms with Crippen molar-refractivity contribution in [3.8, 4) is 34.1 Å². The lowest BCUT2D eigenvalue weighted by Crippen LogP contribution is -2.47. The van der Waals surface area contributed by atoms with Crippen molar-refractivity contribution in [2.24, 2.45) is 17.8 Å². The number of H-pyrrole nitrogens is 1. The molecule has 3 fully saturated rings. The molecule has 0 aliphatic heterocycles. The molecule has 3 heterocycles. The average molecular weight is 520 g/mol. The van der Waals surface area contributed by atoms with Gasteiger partial charge < -0.3 is 15.0 Å². The Morgan fingerprint density at radius 2 is 1.64 bits per heavy atom. The summed E-state index contributed by atoms with van der Waals surface area (Å²) in [5.41, 5.74) is 3.07. The number of aromatic amines is 1. The lowest BCUT2D eigenvalue weighted by molar-refractivity contribution is 0.0928. The molecule has 2 aromatic carbocycles. The molecule has 3 aliphatic carbocycles. The van der Waals surface area contributed by atoms with Gasteiger partial charge in [-0.25, -0.2) is 19.3 Å². The van der Waals surface area contributed by atoms with E-state index >= 15 is 0 Å². The van der Waals surface area contributed by atoms with Gasteiger partial charge in [0, 0.05) is 34.8 Å². The highest BCUT2D eigenvalue weighted by Crippen LogP contribution is 2.46. The second kappa shape index (κ2) is 9.80. The summed E-state index contributed by atoms with van der Waals surface area (Å²) in [6.07, 6.45) is 8.22. The van der Waals surface area contributed by atoms with Gasteiger partial charge in [0.15, 0.2) is 5.82 Å². The summed E-state index contributed by atoms with van der Waals surface area (Å²) in [5, 5.41) is 4.46. The molecular weight excluding hydrogens is 489 g/mol. The molecule has 6 nitrogen and oxygen atoms in total. The molecule has 8 rings (SSSR count). The van der Waals surface area contributed by atoms with Crippen LogP contribution < -0.4 is 10.1 Å². The number of anilines is 1. The molecule has 39 heavy (non-hydrogen) atoms. The molecule has 3 aliphatic rings. The van der Waals surface area contributed by atoms with E-state index in [1.54, 1.807) is 0 Å². The molecule has 0 radical (unpaired) electrons. The lowest BCUT2D eigenvalue weighted by atomic mass is 9.62. The molecule has 196 valence electrons. The van der Waals surface area contributed by atoms with Gasteiger partial charge in [-0.1, -0.05) is 25.1 Å². The zero-order valence-electron chi connectivity index (χ0n) is 21.8. The van der Waals surface area contributed by atoms with Gasteiger partial charge in [0.1, 0.15) is 28.8 Å². The van der Waals surface area contributed by atoms with Crippen molar-refractivity contribution in [3.63, 3.8) is 0 Å². The fourth-order valence-electron chi connectivity index (χ4n) is 6.44. The van der Waals surface area contributed by atoms with Crippen LogP contribution in [0.25, 0.3) is 33.7 Å². The topological polar surface area (TPSA) is 75.7 Å². The summed E-state index contributed by atoms with van der Waals surface area (Å²) in [4.78, 5) is 17.2. The maximum atomic E-state index is 14.1. The van der Waals surface area contributed by atoms with Crippen molar-refractivity contribution in [1.29, 1.82) is 0 Å². The third-order valence-electron chi connectivity index (χ3n) is 8.54. The van der Waals surface area contributed by atoms with E-state index in [1.807, 2.05) is 66.9 Å². The molecule has 2 atom stereocenters. The number of ether oxygens (including phenoxy) is 1. The number of hydrogen-bond donors (Lipinski definition) is 2. The molecule has 0 spiro atoms. The van der Waals surface area contributed by atoms with Gasteiger partial charge in [0.25, 0.3) is 0 Å². The number of rotatable bonds is 6. The van der Waals surface area contributed by atoms with E-state index in [2.05, 4.69) is 22.2 Å². The van der Waals surface area contributed by atoms with Crippen LogP contribution in [0.2, 0.25) is 0 Å². The Labute approximate surface area is 226 Å². The van der Waals surface area contributed by atoms with Crippen molar-refractivity contribution < 1.29 is 9.13 Å². The van der Waals surface area contributed by atoms with Crippen molar-refractivity contribution in [2.75, 3.05) is 5.32 Å². The van der Waals surface area contributed by atoms with E-state index < -0.39 is 0 Å². The first-order chi connectivity index (χ1) is 19.1. The molecule has 3 aromatic heterocycles. The molecule has 0 amide bonds. The van der Waals surface area contributed by atoms with Crippen LogP contribution in [0.1, 0.15) is 32.6 Å². The summed E-state index contributed by atoms with van der Waals surface area (Å²) in [6, 6.07) is 21.5. The highest BCUT2D eigenvalue weighted by Gasteiger charge is 2.41. The second-order valence-corrected chi connectivity index (χ2v) is 10.9. The van der Waals surface area contributed by atoms with Crippen LogP contribution in [0.4, 0.5) is 10.2 Å². The summed E-state index contributed by atoms with van der Waals surface area (Å²) in [7, 11) is 0. The van der Waals surface area contributed by atoms with Gasteiger partial charge in [0.05, 0.1) is 11.9 Å². The van der Waals surface area contributed by atoms with Crippen molar-refractivity contribution in [2.45, 2.75) is 38.6 Å². The monoisotopic (exact) mass is 519 g/mol. The fraction of sp³-hybridized carbons (Fsp3) is 0.281. The Morgan fingerprint density at radius 3 is 2.41 bits per heavy atom. The molecule has 7 heteroatoms. The van der Waals surface area contributed by atoms with Crippen LogP contribution in [-0.4, -0.2) is 26.0 Å². The SMILES string of the molecule is CC1C2CCC(CC2)C1Nc1cc(-c2ccc(Oc3ccccc3)cc2)nc(-c2c[nH]c3ncc(F)cc23)n1. The first-order valence-electron chi connectivity index (χ1n) is 13.7. The molecular formula is C32H30FN5O. The maximum Gasteiger partial charge on any atom is 0.164 e. The third kappa shape index (κ3) is 4.62. The summed E-state index contributed by atoms with van der Waals surface area (Å²) in [6.45, 7) is 2.37. The number of halogens is 1. The predicted molar refractivity (Wildman–Crippen MR) is 151 cm³/mol. The van der Waals surface area contributed by atoms with Gasteiger partial charge in [0.2, 0.25) is 0 Å². The van der Waals surface area contributed by atoms with Crippen LogP contribution in [0, 0.1) is 23.6 Å². The number of nitrogens with zero attached hydrogens (tertiary/aromatic N) is 3. The van der Waals surface area contributed by atoms with Gasteiger partial charge >= 0.3 is 0 Å². The number of pyridine rings is 1. The molecule has 0 saturated heterocycles. The number of para-hydroxylation sites is 1. The van der Waals surface area contributed by atoms with Gasteiger partial charge in [-0.05, 0) is 85.9 Å². The number of fused-ring (bicyclic) bond motifs is 4. The first-order valence-corrected chi connectivity index (χ1v) is 13.7. The highest BCUT2D eigenvalue weighted by molar-refractivity contribution is 5.92. The van der Waals surface area contributed by atoms with Gasteiger partial charge in [-0.15, -0.1) is 0 Å². The smallest absolute Gasteiger partial charge is 0.164 e. The summed E-state index contributed by atoms with van der Waals surface area (Å²) in [5.74, 6) is 4.51. The van der Waals surface area contributed by atoms with Crippen molar-refractivity contribution in [3.05, 3.63) is 84.9 Å². The van der Waals surface area contributed by atoms with Gasteiger partial charge in [-0.3, -0.25) is 0 Å². The van der Waals surface area contributed by atoms with Crippen LogP contribution in [0.5, 0.6) is 11.5 Å². The van der Waals surface area contributed by atoms with Gasteiger partial charge in [-0.2, -0.15) is 0 Å². The minimum absolute atomic E-state index is 0.386. The molecule has 5 aromatic rings. The fourth-order valence-corrected chi connectivity index (χ4v) is 6.44. The standard InChI is InChI=1S/C32H30FN5O/c1-19-20-7-9-22(10-8-20)30(19)37-29-16-28(21-11-13-25(14-12-21)39-24-5-3-2-4-6-24)36-32(38-29)27-18-35-31-26(27)15-23(33)17-34-31/h2-6,11-20,22,30H,7-10H2,1H3,(H,34,35)(H,36,37,38). The van der Waals surface area contributed by atoms with E-state index in [4.69, 9.17) is 14.7 Å². The van der Waals surface area contributed by atoms with Crippen LogP contribution in [-0.2, 0) is 0 Å². The molecule has 2 bridgehead atoms.